The summed E-state index contributed by atoms with van der Waals surface area (Å²) in [6.07, 6.45) is 1.20. The van der Waals surface area contributed by atoms with Gasteiger partial charge in [0.15, 0.2) is 6.33 Å². The molecule has 1 aromatic carbocycles. The Balaban J connectivity index is 2.52. The number of nitrogen functional groups attached to an aromatic ring is 1. The van der Waals surface area contributed by atoms with E-state index in [1.807, 2.05) is 0 Å². The van der Waals surface area contributed by atoms with Crippen molar-refractivity contribution in [3.05, 3.63) is 30.3 Å². The molecule has 0 aliphatic rings. The van der Waals surface area contributed by atoms with Crippen LogP contribution in [0.25, 0.3) is 11.4 Å². The molecule has 0 aliphatic carbocycles. The van der Waals surface area contributed by atoms with Gasteiger partial charge in [-0.2, -0.15) is 0 Å². The van der Waals surface area contributed by atoms with Gasteiger partial charge in [-0.05, 0) is 18.2 Å². The van der Waals surface area contributed by atoms with Crippen molar-refractivity contribution in [3.8, 4) is 11.4 Å². The van der Waals surface area contributed by atoms with Gasteiger partial charge in [-0.1, -0.05) is 0 Å². The van der Waals surface area contributed by atoms with E-state index in [-0.39, 0.29) is 5.82 Å². The largest absolute Gasteiger partial charge is 0.399 e. The van der Waals surface area contributed by atoms with Crippen LogP contribution in [0.5, 0.6) is 0 Å². The van der Waals surface area contributed by atoms with Gasteiger partial charge in [0, 0.05) is 11.3 Å². The van der Waals surface area contributed by atoms with Crippen LogP contribution in [0.3, 0.4) is 0 Å². The van der Waals surface area contributed by atoms with Crippen LogP contribution in [0.1, 0.15) is 0 Å². The van der Waals surface area contributed by atoms with E-state index >= 15 is 0 Å². The second kappa shape index (κ2) is 3.33. The normalized spacial score (nSPS) is 10.1. The molecule has 0 unspecified atom stereocenters. The fourth-order valence-electron chi connectivity index (χ4n) is 1.06. The maximum absolute atomic E-state index is 12.9. The number of rotatable bonds is 1. The van der Waals surface area contributed by atoms with Crippen LogP contribution >= 0.6 is 0 Å². The van der Waals surface area contributed by atoms with Gasteiger partial charge in [-0.3, -0.25) is 0 Å². The molecule has 14 heavy (non-hydrogen) atoms. The fourth-order valence-corrected chi connectivity index (χ4v) is 1.06. The van der Waals surface area contributed by atoms with Gasteiger partial charge >= 0.3 is 0 Å². The third-order valence-electron chi connectivity index (χ3n) is 1.59. The molecule has 0 saturated heterocycles. The van der Waals surface area contributed by atoms with Gasteiger partial charge in [0.25, 0.3) is 0 Å². The highest BCUT2D eigenvalue weighted by atomic mass is 19.1. The SMILES string of the molecule is Nc1cc(F)cc(-c2nncnn2)c1. The van der Waals surface area contributed by atoms with Gasteiger partial charge in [-0.15, -0.1) is 20.4 Å². The molecule has 1 aromatic heterocycles. The lowest BCUT2D eigenvalue weighted by molar-refractivity contribution is 0.628. The molecule has 0 amide bonds. The molecule has 0 bridgehead atoms. The van der Waals surface area contributed by atoms with Crippen LogP contribution in [0.4, 0.5) is 10.1 Å². The summed E-state index contributed by atoms with van der Waals surface area (Å²) in [4.78, 5) is 0. The number of benzene rings is 1. The summed E-state index contributed by atoms with van der Waals surface area (Å²) in [6, 6.07) is 4.05. The topological polar surface area (TPSA) is 77.6 Å². The second-order valence-corrected chi connectivity index (χ2v) is 2.64. The highest BCUT2D eigenvalue weighted by molar-refractivity contribution is 5.60. The molecule has 5 nitrogen and oxygen atoms in total. The summed E-state index contributed by atoms with van der Waals surface area (Å²) in [5.74, 6) is -0.189. The van der Waals surface area contributed by atoms with Crippen molar-refractivity contribution in [1.29, 1.82) is 0 Å². The van der Waals surface area contributed by atoms with E-state index in [9.17, 15) is 4.39 Å². The Morgan fingerprint density at radius 3 is 2.43 bits per heavy atom. The molecular formula is C8H6FN5. The van der Waals surface area contributed by atoms with Crippen molar-refractivity contribution >= 4 is 5.69 Å². The zero-order chi connectivity index (χ0) is 9.97. The van der Waals surface area contributed by atoms with Gasteiger partial charge in [0.05, 0.1) is 0 Å². The number of halogens is 1. The first-order valence-electron chi connectivity index (χ1n) is 3.82. The Labute approximate surface area is 78.8 Å². The van der Waals surface area contributed by atoms with Crippen LogP contribution in [0.2, 0.25) is 0 Å². The lowest BCUT2D eigenvalue weighted by atomic mass is 10.2. The van der Waals surface area contributed by atoms with E-state index in [0.29, 0.717) is 11.3 Å². The average molecular weight is 191 g/mol. The lowest BCUT2D eigenvalue weighted by Gasteiger charge is -1.99. The summed E-state index contributed by atoms with van der Waals surface area (Å²) in [5, 5.41) is 14.4. The maximum atomic E-state index is 12.9. The highest BCUT2D eigenvalue weighted by Gasteiger charge is 2.04. The monoisotopic (exact) mass is 191 g/mol. The Kier molecular flexibility index (Phi) is 2.02. The average Bonchev–Trinajstić information content (AvgIpc) is 2.18. The van der Waals surface area contributed by atoms with Gasteiger partial charge in [0.2, 0.25) is 5.82 Å². The third-order valence-corrected chi connectivity index (χ3v) is 1.59. The van der Waals surface area contributed by atoms with E-state index in [2.05, 4.69) is 20.4 Å². The zero-order valence-corrected chi connectivity index (χ0v) is 7.05. The predicted molar refractivity (Wildman–Crippen MR) is 47.4 cm³/mol. The quantitative estimate of drug-likeness (QED) is 0.670. The van der Waals surface area contributed by atoms with Gasteiger partial charge < -0.3 is 5.73 Å². The summed E-state index contributed by atoms with van der Waals surface area (Å²) in [7, 11) is 0. The van der Waals surface area contributed by atoms with Crippen molar-refractivity contribution in [1.82, 2.24) is 20.4 Å². The molecule has 0 aliphatic heterocycles. The van der Waals surface area contributed by atoms with Crippen LogP contribution in [0, 0.1) is 5.82 Å². The van der Waals surface area contributed by atoms with Gasteiger partial charge in [0.1, 0.15) is 5.82 Å². The van der Waals surface area contributed by atoms with Crippen LogP contribution in [0.15, 0.2) is 24.5 Å². The van der Waals surface area contributed by atoms with E-state index in [0.717, 1.165) is 0 Å². The first kappa shape index (κ1) is 8.49. The molecule has 2 rings (SSSR count). The predicted octanol–water partition coefficient (Wildman–Crippen LogP) is 0.655. The second-order valence-electron chi connectivity index (χ2n) is 2.64. The first-order chi connectivity index (χ1) is 6.75. The van der Waals surface area contributed by atoms with Crippen molar-refractivity contribution < 1.29 is 4.39 Å². The summed E-state index contributed by atoms with van der Waals surface area (Å²) >= 11 is 0. The molecule has 2 N–H and O–H groups in total. The van der Waals surface area contributed by atoms with E-state index in [4.69, 9.17) is 5.73 Å². The van der Waals surface area contributed by atoms with E-state index in [1.54, 1.807) is 6.07 Å². The molecule has 6 heteroatoms. The Morgan fingerprint density at radius 2 is 1.79 bits per heavy atom. The maximum Gasteiger partial charge on any atom is 0.203 e. The number of nitrogens with two attached hydrogens (primary N) is 1. The van der Waals surface area contributed by atoms with Crippen LogP contribution in [-0.2, 0) is 0 Å². The minimum atomic E-state index is -0.438. The molecule has 0 fully saturated rings. The number of hydrogen-bond donors (Lipinski definition) is 1. The smallest absolute Gasteiger partial charge is 0.203 e. The molecule has 1 heterocycles. The minimum Gasteiger partial charge on any atom is -0.399 e. The van der Waals surface area contributed by atoms with Crippen molar-refractivity contribution in [2.45, 2.75) is 0 Å². The standard InChI is InChI=1S/C8H6FN5/c9-6-1-5(2-7(10)3-6)8-13-11-4-12-14-8/h1-4H,10H2. The van der Waals surface area contributed by atoms with Crippen LogP contribution in [-0.4, -0.2) is 20.4 Å². The molecule has 0 atom stereocenters. The number of nitrogens with zero attached hydrogens (tertiary/aromatic N) is 4. The molecule has 2 aromatic rings. The number of aromatic nitrogens is 4. The molecule has 0 saturated carbocycles. The van der Waals surface area contributed by atoms with Crippen molar-refractivity contribution in [3.63, 3.8) is 0 Å². The van der Waals surface area contributed by atoms with E-state index < -0.39 is 5.82 Å². The Morgan fingerprint density at radius 1 is 1.07 bits per heavy atom. The van der Waals surface area contributed by atoms with Crippen LogP contribution < -0.4 is 5.73 Å². The summed E-state index contributed by atoms with van der Waals surface area (Å²) in [6.45, 7) is 0. The summed E-state index contributed by atoms with van der Waals surface area (Å²) in [5.41, 5.74) is 6.23. The molecule has 70 valence electrons. The lowest BCUT2D eigenvalue weighted by Crippen LogP contribution is -1.95. The summed E-state index contributed by atoms with van der Waals surface area (Å²) < 4.78 is 12.9. The highest BCUT2D eigenvalue weighted by Crippen LogP contribution is 2.18. The van der Waals surface area contributed by atoms with E-state index in [1.165, 1.54) is 18.5 Å². The minimum absolute atomic E-state index is 0.249. The molecule has 0 spiro atoms. The zero-order valence-electron chi connectivity index (χ0n) is 7.05. The van der Waals surface area contributed by atoms with Gasteiger partial charge in [-0.25, -0.2) is 4.39 Å². The Hall–Kier alpha value is -2.11. The number of anilines is 1. The first-order valence-corrected chi connectivity index (χ1v) is 3.82. The van der Waals surface area contributed by atoms with Crippen molar-refractivity contribution in [2.75, 3.05) is 5.73 Å². The molecular weight excluding hydrogens is 185 g/mol. The Bertz CT molecular complexity index is 424. The number of hydrogen-bond acceptors (Lipinski definition) is 5. The fraction of sp³-hybridized carbons (Fsp3) is 0. The van der Waals surface area contributed by atoms with Crippen molar-refractivity contribution in [2.24, 2.45) is 0 Å². The third kappa shape index (κ3) is 1.63. The molecule has 0 radical (unpaired) electrons.